The summed E-state index contributed by atoms with van der Waals surface area (Å²) in [4.78, 5) is 42.2. The smallest absolute Gasteiger partial charge is 0.339 e. The van der Waals surface area contributed by atoms with E-state index in [2.05, 4.69) is 43.3 Å². The van der Waals surface area contributed by atoms with Crippen LogP contribution in [0, 0.1) is 72.0 Å². The molecule has 1 saturated heterocycles. The first kappa shape index (κ1) is 31.5. The number of hydrogen-bond donors (Lipinski definition) is 0. The second-order valence-electron chi connectivity index (χ2n) is 17.2. The number of amides is 2. The maximum absolute atomic E-state index is 13.8. The van der Waals surface area contributed by atoms with Crippen LogP contribution in [0.15, 0.2) is 60.2 Å². The Balaban J connectivity index is 0.819. The number of nitrogens with zero attached hydrogens (tertiary/aromatic N) is 1. The predicted molar refractivity (Wildman–Crippen MR) is 192 cm³/mol. The molecule has 0 N–H and O–H groups in total. The summed E-state index contributed by atoms with van der Waals surface area (Å²) in [5.74, 6) is 6.13. The van der Waals surface area contributed by atoms with Crippen molar-refractivity contribution in [3.63, 3.8) is 0 Å². The van der Waals surface area contributed by atoms with Crippen molar-refractivity contribution in [3.05, 3.63) is 76.9 Å². The summed E-state index contributed by atoms with van der Waals surface area (Å²) in [6.07, 6.45) is 19.9. The van der Waals surface area contributed by atoms with Gasteiger partial charge in [-0.05, 0) is 165 Å². The highest BCUT2D eigenvalue weighted by molar-refractivity contribution is 6.22. The number of esters is 1. The molecule has 0 aromatic heterocycles. The third-order valence-electron chi connectivity index (χ3n) is 14.7. The molecule has 8 atom stereocenters. The van der Waals surface area contributed by atoms with E-state index in [0.717, 1.165) is 35.3 Å². The van der Waals surface area contributed by atoms with Gasteiger partial charge < -0.3 is 4.74 Å². The van der Waals surface area contributed by atoms with Crippen molar-refractivity contribution in [3.8, 4) is 5.75 Å². The molecule has 6 aliphatic carbocycles. The van der Waals surface area contributed by atoms with Crippen molar-refractivity contribution in [1.82, 2.24) is 0 Å². The van der Waals surface area contributed by atoms with E-state index in [1.54, 1.807) is 19.1 Å². The normalized spacial score (nSPS) is 39.1. The zero-order chi connectivity index (χ0) is 33.6. The Labute approximate surface area is 291 Å². The van der Waals surface area contributed by atoms with Gasteiger partial charge in [0.15, 0.2) is 0 Å². The second-order valence-corrected chi connectivity index (χ2v) is 17.2. The molecule has 0 radical (unpaired) electrons. The van der Waals surface area contributed by atoms with Crippen LogP contribution in [0.2, 0.25) is 0 Å². The van der Waals surface area contributed by atoms with Gasteiger partial charge in [0.1, 0.15) is 5.75 Å². The largest absolute Gasteiger partial charge is 0.423 e. The Morgan fingerprint density at radius 1 is 0.776 bits per heavy atom. The van der Waals surface area contributed by atoms with Crippen LogP contribution in [0.25, 0.3) is 6.08 Å². The van der Waals surface area contributed by atoms with E-state index in [9.17, 15) is 14.4 Å². The summed E-state index contributed by atoms with van der Waals surface area (Å²) in [6.45, 7) is 6.07. The molecule has 8 unspecified atom stereocenters. The van der Waals surface area contributed by atoms with Gasteiger partial charge in [-0.1, -0.05) is 56.2 Å². The second kappa shape index (κ2) is 12.1. The Bertz CT molecular complexity index is 1680. The molecule has 4 bridgehead atoms. The fourth-order valence-corrected chi connectivity index (χ4v) is 12.3. The highest BCUT2D eigenvalue weighted by atomic mass is 16.5. The third-order valence-corrected chi connectivity index (χ3v) is 14.7. The van der Waals surface area contributed by atoms with Crippen LogP contribution in [-0.2, 0) is 14.4 Å². The van der Waals surface area contributed by atoms with Gasteiger partial charge in [0.25, 0.3) is 0 Å². The number of rotatable bonds is 6. The average molecular weight is 658 g/mol. The Kier molecular flexibility index (Phi) is 7.78. The lowest BCUT2D eigenvalue weighted by atomic mass is 9.65. The highest BCUT2D eigenvalue weighted by Gasteiger charge is 2.71. The number of carbonyl (C=O) groups excluding carboxylic acids is 3. The third kappa shape index (κ3) is 5.19. The van der Waals surface area contributed by atoms with E-state index in [1.807, 2.05) is 19.1 Å². The van der Waals surface area contributed by atoms with Crippen LogP contribution < -0.4 is 9.64 Å². The minimum absolute atomic E-state index is 0.0246. The van der Waals surface area contributed by atoms with Crippen LogP contribution in [0.3, 0.4) is 0 Å². The van der Waals surface area contributed by atoms with E-state index < -0.39 is 5.97 Å². The molecule has 2 aromatic carbocycles. The fraction of sp³-hybridized carbons (Fsp3) is 0.568. The molecule has 5 nitrogen and oxygen atoms in total. The first-order valence-electron chi connectivity index (χ1n) is 19.4. The number of allylic oxidation sites excluding steroid dienone is 2. The van der Waals surface area contributed by atoms with Gasteiger partial charge in [-0.25, -0.2) is 4.79 Å². The number of benzene rings is 2. The van der Waals surface area contributed by atoms with E-state index >= 15 is 0 Å². The Hall–Kier alpha value is -3.47. The predicted octanol–water partition coefficient (Wildman–Crippen LogP) is 9.30. The van der Waals surface area contributed by atoms with Gasteiger partial charge in [0.2, 0.25) is 11.8 Å². The van der Waals surface area contributed by atoms with Crippen molar-refractivity contribution in [2.75, 3.05) is 4.90 Å². The fourth-order valence-electron chi connectivity index (χ4n) is 12.3. The number of ether oxygens (including phenoxy) is 1. The lowest BCUT2D eigenvalue weighted by Gasteiger charge is -2.37. The molecule has 9 rings (SSSR count). The summed E-state index contributed by atoms with van der Waals surface area (Å²) < 4.78 is 5.83. The molecule has 5 saturated carbocycles. The lowest BCUT2D eigenvalue weighted by molar-refractivity contribution is -0.130. The van der Waals surface area contributed by atoms with Crippen molar-refractivity contribution >= 4 is 29.5 Å². The summed E-state index contributed by atoms with van der Waals surface area (Å²) in [5.41, 5.74) is 4.27. The van der Waals surface area contributed by atoms with E-state index in [1.165, 1.54) is 68.3 Å². The van der Waals surface area contributed by atoms with Crippen LogP contribution in [0.1, 0.15) is 101 Å². The van der Waals surface area contributed by atoms with Crippen LogP contribution in [0.4, 0.5) is 5.69 Å². The van der Waals surface area contributed by atoms with Crippen molar-refractivity contribution < 1.29 is 19.1 Å². The molecular formula is C44H51NO4. The zero-order valence-electron chi connectivity index (χ0n) is 29.4. The maximum atomic E-state index is 13.8. The van der Waals surface area contributed by atoms with Crippen molar-refractivity contribution in [2.24, 2.45) is 65.1 Å². The zero-order valence-corrected chi connectivity index (χ0v) is 29.4. The van der Waals surface area contributed by atoms with Gasteiger partial charge in [0.05, 0.1) is 17.5 Å². The van der Waals surface area contributed by atoms with Crippen LogP contribution >= 0.6 is 0 Å². The van der Waals surface area contributed by atoms with Gasteiger partial charge >= 0.3 is 5.97 Å². The van der Waals surface area contributed by atoms with Crippen molar-refractivity contribution in [1.29, 1.82) is 0 Å². The average Bonchev–Trinajstić information content (AvgIpc) is 3.93. The summed E-state index contributed by atoms with van der Waals surface area (Å²) in [5, 5.41) is 0. The molecule has 1 heterocycles. The number of fused-ring (bicyclic) bond motifs is 12. The monoisotopic (exact) mass is 657 g/mol. The quantitative estimate of drug-likeness (QED) is 0.0776. The molecule has 256 valence electrons. The summed E-state index contributed by atoms with van der Waals surface area (Å²) in [6, 6.07) is 14.1. The topological polar surface area (TPSA) is 63.7 Å². The summed E-state index contributed by atoms with van der Waals surface area (Å²) in [7, 11) is 0. The van der Waals surface area contributed by atoms with Gasteiger partial charge in [-0.3, -0.25) is 14.5 Å². The Morgan fingerprint density at radius 3 is 1.96 bits per heavy atom. The SMILES string of the molecule is C/C(=C\c1ccc(C2CCC(C3CCC(C)CC3)CC2)cc1)C(=O)Oc1ccc(N2C(=O)C3C4CC(C3C2=O)C2C3C=CC(C3)C42)cc1C. The molecule has 2 amide bonds. The van der Waals surface area contributed by atoms with E-state index in [-0.39, 0.29) is 23.7 Å². The molecule has 2 aromatic rings. The number of carbonyl (C=O) groups is 3. The molecule has 6 fully saturated rings. The highest BCUT2D eigenvalue weighted by Crippen LogP contribution is 2.70. The first-order valence-corrected chi connectivity index (χ1v) is 19.4. The maximum Gasteiger partial charge on any atom is 0.339 e. The minimum atomic E-state index is -0.399. The molecule has 1 aliphatic heterocycles. The van der Waals surface area contributed by atoms with Crippen LogP contribution in [0.5, 0.6) is 5.75 Å². The number of anilines is 1. The molecule has 49 heavy (non-hydrogen) atoms. The van der Waals surface area contributed by atoms with E-state index in [0.29, 0.717) is 58.4 Å². The summed E-state index contributed by atoms with van der Waals surface area (Å²) >= 11 is 0. The molecule has 7 aliphatic rings. The van der Waals surface area contributed by atoms with Gasteiger partial charge in [-0.15, -0.1) is 0 Å². The number of aryl methyl sites for hydroxylation is 1. The minimum Gasteiger partial charge on any atom is -0.423 e. The Morgan fingerprint density at radius 2 is 1.37 bits per heavy atom. The van der Waals surface area contributed by atoms with E-state index in [4.69, 9.17) is 4.74 Å². The molecule has 0 spiro atoms. The van der Waals surface area contributed by atoms with Crippen molar-refractivity contribution in [2.45, 2.75) is 90.9 Å². The number of imide groups is 1. The first-order chi connectivity index (χ1) is 23.7. The molecular weight excluding hydrogens is 606 g/mol. The van der Waals surface area contributed by atoms with Gasteiger partial charge in [0, 0.05) is 5.57 Å². The lowest BCUT2D eigenvalue weighted by Crippen LogP contribution is -2.38. The van der Waals surface area contributed by atoms with Crippen LogP contribution in [-0.4, -0.2) is 17.8 Å². The number of hydrogen-bond acceptors (Lipinski definition) is 4. The van der Waals surface area contributed by atoms with Gasteiger partial charge in [-0.2, -0.15) is 0 Å². The molecule has 5 heteroatoms. The standard InChI is InChI=1S/C44H51NO4/c1-24-4-8-28(9-5-24)30-12-14-31(15-13-30)29-10-6-27(7-11-29)20-26(3)44(48)49-37-19-18-34(21-25(37)2)45-42(46)40-35-23-36(41(40)43(45)47)39-33-17-16-32(22-33)38(35)39/h6-7,10-11,16-21,24,28,30-33,35-36,38-41H,4-5,8-9,12-15,22-23H2,1-3H3/b26-20+.